The van der Waals surface area contributed by atoms with Crippen LogP contribution in [-0.4, -0.2) is 147 Å². The van der Waals surface area contributed by atoms with Gasteiger partial charge in [0.05, 0.1) is 50.7 Å². The van der Waals surface area contributed by atoms with Gasteiger partial charge in [0, 0.05) is 52.0 Å². The number of ketones is 2. The zero-order valence-corrected chi connectivity index (χ0v) is 48.6. The number of methoxy groups -OCH3 is 2. The maximum atomic E-state index is 14.0. The molecule has 5 N–H and O–H groups in total. The molecule has 20 nitrogen and oxygen atoms in total. The van der Waals surface area contributed by atoms with Gasteiger partial charge < -0.3 is 35.1 Å². The van der Waals surface area contributed by atoms with Gasteiger partial charge in [-0.3, -0.25) is 38.2 Å². The number of likely N-dealkylation sites (tertiary alicyclic amines) is 2. The van der Waals surface area contributed by atoms with Crippen molar-refractivity contribution in [2.75, 3.05) is 27.3 Å². The summed E-state index contributed by atoms with van der Waals surface area (Å²) in [5, 5.41) is 2.69. The quantitative estimate of drug-likeness (QED) is 0.131. The van der Waals surface area contributed by atoms with E-state index in [0.717, 1.165) is 0 Å². The van der Waals surface area contributed by atoms with Crippen LogP contribution in [0.25, 0.3) is 0 Å². The van der Waals surface area contributed by atoms with E-state index in [9.17, 15) is 50.4 Å². The van der Waals surface area contributed by atoms with Crippen LogP contribution in [0.2, 0.25) is 0 Å². The summed E-state index contributed by atoms with van der Waals surface area (Å²) in [6.07, 6.45) is 3.72. The largest absolute Gasteiger partial charge is 0.444 e. The lowest BCUT2D eigenvalue weighted by Gasteiger charge is -2.36. The van der Waals surface area contributed by atoms with Gasteiger partial charge in [-0.05, 0) is 95.8 Å². The number of carbonyl (C=O) groups excluding carboxylic acids is 7. The number of nitrogens with zero attached hydrogens (tertiary/aromatic N) is 2. The number of alkyl carbamates (subject to hydrolysis) is 1. The average Bonchev–Trinajstić information content (AvgIpc) is 4.20. The second-order valence-corrected chi connectivity index (χ2v) is 30.3. The molecule has 6 fully saturated rings. The molecule has 4 saturated carbocycles. The summed E-state index contributed by atoms with van der Waals surface area (Å²) in [5.74, 6) is -4.24. The zero-order valence-electron chi connectivity index (χ0n) is 46.9. The minimum absolute atomic E-state index is 0.117. The molecule has 424 valence electrons. The van der Waals surface area contributed by atoms with Crippen LogP contribution >= 0.6 is 0 Å². The smallest absolute Gasteiger partial charge is 0.408 e. The number of nitrogens with one attached hydrogen (secondary N) is 3. The van der Waals surface area contributed by atoms with Crippen LogP contribution in [0.3, 0.4) is 0 Å². The Hall–Kier alpha value is -4.25. The molecule has 6 aliphatic rings. The number of allylic oxidation sites excluding steroid dienone is 2. The first kappa shape index (κ1) is 61.6. The zero-order chi connectivity index (χ0) is 57.2. The topological polar surface area (TPSA) is 284 Å². The average molecular weight is 1100 g/mol. The minimum Gasteiger partial charge on any atom is -0.444 e. The van der Waals surface area contributed by atoms with Crippen LogP contribution in [0.1, 0.15) is 141 Å². The molecule has 2 saturated heterocycles. The lowest BCUT2D eigenvalue weighted by molar-refractivity contribution is -0.143. The Morgan fingerprint density at radius 2 is 1.01 bits per heavy atom. The van der Waals surface area contributed by atoms with Gasteiger partial charge in [-0.25, -0.2) is 21.6 Å². The summed E-state index contributed by atoms with van der Waals surface area (Å²) in [6.45, 7) is 30.9. The second kappa shape index (κ2) is 21.2. The highest BCUT2D eigenvalue weighted by Gasteiger charge is 2.65. The van der Waals surface area contributed by atoms with Crippen LogP contribution in [-0.2, 0) is 63.0 Å². The molecule has 75 heavy (non-hydrogen) atoms. The third-order valence-electron chi connectivity index (χ3n) is 16.8. The molecule has 4 aliphatic carbocycles. The molecular formula is C53H86N6O14S2. The molecule has 0 radical (unpaired) electrons. The highest BCUT2D eigenvalue weighted by atomic mass is 32.2. The number of sulfonamides is 2. The maximum Gasteiger partial charge on any atom is 0.408 e. The van der Waals surface area contributed by atoms with Gasteiger partial charge in [0.25, 0.3) is 0 Å². The number of carbonyl (C=O) groups is 7. The van der Waals surface area contributed by atoms with Crippen LogP contribution in [0.4, 0.5) is 4.79 Å². The standard InChI is InChI=1S/C29H47N3O8S.C24H39N3O6S/c1-11-18-14-29(18,24(35)31-41(37,38)28(9)12-13-28)15-19(33)21-17(2)20(39-10)16-32(21)23(34)22(26(3,4)5)30-25(36)40-27(6,7)8;1-8-15-11-24(15,21(30)26-34(31,32)23(6)9-10-23)12-16(28)18-14(2)17(33-7)13-27(18)20(29)19(25)22(3,4)5/h11,17-18,20-22H,1,12-16H2,2-10H3,(H,30,36)(H,31,35);8,14-15,17-19H,1,9-13,25H2,2-7H3,(H,26,30)/t17?,18-,20+,21+,22-,29-;14?,15-,17+,18+,19-,24-/m11/s1. The van der Waals surface area contributed by atoms with Crippen molar-refractivity contribution in [1.29, 1.82) is 0 Å². The molecule has 0 spiro atoms. The van der Waals surface area contributed by atoms with Crippen molar-refractivity contribution < 1.29 is 64.6 Å². The first-order chi connectivity index (χ1) is 34.2. The van der Waals surface area contributed by atoms with E-state index in [4.69, 9.17) is 19.9 Å². The predicted octanol–water partition coefficient (Wildman–Crippen LogP) is 4.31. The number of ether oxygens (including phenoxy) is 3. The van der Waals surface area contributed by atoms with Crippen molar-refractivity contribution in [3.63, 3.8) is 0 Å². The molecule has 6 rings (SSSR count). The Balaban J connectivity index is 0.000000282. The van der Waals surface area contributed by atoms with Crippen molar-refractivity contribution in [2.45, 2.75) is 193 Å². The summed E-state index contributed by atoms with van der Waals surface area (Å²) in [6, 6.07) is -3.57. The van der Waals surface area contributed by atoms with E-state index in [-0.39, 0.29) is 73.7 Å². The van der Waals surface area contributed by atoms with E-state index >= 15 is 0 Å². The first-order valence-corrected chi connectivity index (χ1v) is 29.0. The number of rotatable bonds is 19. The van der Waals surface area contributed by atoms with E-state index < -0.39 is 117 Å². The van der Waals surface area contributed by atoms with Gasteiger partial charge in [0.15, 0.2) is 11.6 Å². The monoisotopic (exact) mass is 1090 g/mol. The molecule has 2 heterocycles. The van der Waals surface area contributed by atoms with E-state index in [0.29, 0.717) is 32.1 Å². The SMILES string of the molecule is C=C[C@@H]1C[C@]1(CC(=O)[C@@H]1C(C)[C@@H](OC)CN1C(=O)[C@@H](N)C(C)(C)C)C(=O)NS(=O)(=O)C1(C)CC1.C=C[C@@H]1C[C@]1(CC(=O)[C@@H]1C(C)[C@@H](OC)CN1C(=O)[C@@H](NC(=O)OC(C)(C)C)C(C)(C)C)C(=O)NS(=O)(=O)C1(C)CC1. The Labute approximate surface area is 445 Å². The van der Waals surface area contributed by atoms with Crippen molar-refractivity contribution in [2.24, 2.45) is 51.1 Å². The summed E-state index contributed by atoms with van der Waals surface area (Å²) in [7, 11) is -4.70. The summed E-state index contributed by atoms with van der Waals surface area (Å²) in [4.78, 5) is 97.1. The van der Waals surface area contributed by atoms with Gasteiger partial charge in [-0.2, -0.15) is 0 Å². The third kappa shape index (κ3) is 12.7. The molecule has 0 bridgehead atoms. The highest BCUT2D eigenvalue weighted by Crippen LogP contribution is 2.59. The number of nitrogens with two attached hydrogens (primary N) is 1. The molecule has 5 amide bonds. The van der Waals surface area contributed by atoms with E-state index in [1.54, 1.807) is 74.5 Å². The van der Waals surface area contributed by atoms with Crippen molar-refractivity contribution in [1.82, 2.24) is 24.6 Å². The molecule has 0 aromatic carbocycles. The molecule has 22 heteroatoms. The Kier molecular flexibility index (Phi) is 17.4. The van der Waals surface area contributed by atoms with Crippen LogP contribution < -0.4 is 20.5 Å². The van der Waals surface area contributed by atoms with Crippen LogP contribution in [0.5, 0.6) is 0 Å². The highest BCUT2D eigenvalue weighted by molar-refractivity contribution is 7.92. The summed E-state index contributed by atoms with van der Waals surface area (Å²) < 4.78 is 70.0. The molecule has 12 atom stereocenters. The number of amides is 5. The lowest BCUT2D eigenvalue weighted by Crippen LogP contribution is -2.58. The Morgan fingerprint density at radius 3 is 1.29 bits per heavy atom. The van der Waals surface area contributed by atoms with Gasteiger partial charge in [0.1, 0.15) is 11.6 Å². The summed E-state index contributed by atoms with van der Waals surface area (Å²) in [5.41, 5.74) is 1.79. The fraction of sp³-hybridized carbons (Fsp3) is 0.792. The Morgan fingerprint density at radius 1 is 0.653 bits per heavy atom. The first-order valence-electron chi connectivity index (χ1n) is 26.0. The van der Waals surface area contributed by atoms with Crippen LogP contribution in [0, 0.1) is 45.3 Å². The molecule has 0 aromatic heterocycles. The van der Waals surface area contributed by atoms with Gasteiger partial charge in [-0.15, -0.1) is 13.2 Å². The van der Waals surface area contributed by atoms with Gasteiger partial charge in [0.2, 0.25) is 43.7 Å². The summed E-state index contributed by atoms with van der Waals surface area (Å²) >= 11 is 0. The van der Waals surface area contributed by atoms with E-state index in [1.807, 2.05) is 27.7 Å². The minimum atomic E-state index is -3.90. The predicted molar refractivity (Wildman–Crippen MR) is 281 cm³/mol. The van der Waals surface area contributed by atoms with Crippen molar-refractivity contribution in [3.8, 4) is 0 Å². The fourth-order valence-corrected chi connectivity index (χ4v) is 13.1. The second-order valence-electron chi connectivity index (χ2n) is 25.9. The number of hydrogen-bond donors (Lipinski definition) is 4. The fourth-order valence-electron chi connectivity index (χ4n) is 10.5. The maximum absolute atomic E-state index is 14.0. The Bertz CT molecular complexity index is 2520. The molecule has 0 aromatic rings. The normalized spacial score (nSPS) is 31.3. The van der Waals surface area contributed by atoms with E-state index in [1.165, 1.54) is 24.0 Å². The number of hydrogen-bond acceptors (Lipinski definition) is 15. The van der Waals surface area contributed by atoms with Crippen LogP contribution in [0.15, 0.2) is 25.3 Å². The molecule has 2 aliphatic heterocycles. The van der Waals surface area contributed by atoms with E-state index in [2.05, 4.69) is 27.9 Å². The molecule has 2 unspecified atom stereocenters. The van der Waals surface area contributed by atoms with Crippen molar-refractivity contribution >= 4 is 61.3 Å². The van der Waals surface area contributed by atoms with Gasteiger partial charge in [-0.1, -0.05) is 67.5 Å². The van der Waals surface area contributed by atoms with Crippen molar-refractivity contribution in [3.05, 3.63) is 25.3 Å². The lowest BCUT2D eigenvalue weighted by atomic mass is 9.84. The number of Topliss-reactive ketones (excluding diaryl/α,β-unsaturated/α-hetero) is 2. The van der Waals surface area contributed by atoms with Gasteiger partial charge >= 0.3 is 6.09 Å². The molecular weight excluding hydrogens is 1010 g/mol. The third-order valence-corrected chi connectivity index (χ3v) is 21.1.